The monoisotopic (exact) mass is 171 g/mol. The second-order valence-corrected chi connectivity index (χ2v) is 1.91. The van der Waals surface area contributed by atoms with E-state index in [1.807, 2.05) is 0 Å². The lowest BCUT2D eigenvalue weighted by Crippen LogP contribution is -2.09. The summed E-state index contributed by atoms with van der Waals surface area (Å²) in [5.41, 5.74) is 10.5. The van der Waals surface area contributed by atoms with Crippen LogP contribution in [-0.4, -0.2) is 33.3 Å². The number of rotatable bonds is 3. The molecule has 0 saturated carbocycles. The van der Waals surface area contributed by atoms with Crippen molar-refractivity contribution < 1.29 is 9.84 Å². The van der Waals surface area contributed by atoms with Gasteiger partial charge in [-0.25, -0.2) is 0 Å². The summed E-state index contributed by atoms with van der Waals surface area (Å²) in [6, 6.07) is 0.0223. The lowest BCUT2D eigenvalue weighted by atomic mass is 10.8. The number of nitrogen functional groups attached to an aromatic ring is 2. The van der Waals surface area contributed by atoms with Crippen molar-refractivity contribution in [2.45, 2.75) is 0 Å². The number of hydrogen-bond acceptors (Lipinski definition) is 7. The van der Waals surface area contributed by atoms with Crippen LogP contribution in [0.3, 0.4) is 0 Å². The average Bonchev–Trinajstić information content (AvgIpc) is 1.99. The van der Waals surface area contributed by atoms with Crippen LogP contribution in [-0.2, 0) is 0 Å². The Bertz CT molecular complexity index is 246. The lowest BCUT2D eigenvalue weighted by Gasteiger charge is -2.01. The van der Waals surface area contributed by atoms with Gasteiger partial charge in [-0.2, -0.15) is 15.0 Å². The van der Waals surface area contributed by atoms with Crippen LogP contribution >= 0.6 is 0 Å². The summed E-state index contributed by atoms with van der Waals surface area (Å²) in [7, 11) is 0. The van der Waals surface area contributed by atoms with E-state index in [9.17, 15) is 0 Å². The zero-order chi connectivity index (χ0) is 8.97. The van der Waals surface area contributed by atoms with E-state index >= 15 is 0 Å². The zero-order valence-corrected chi connectivity index (χ0v) is 6.27. The molecule has 0 aliphatic heterocycles. The second kappa shape index (κ2) is 3.67. The number of nitrogens with zero attached hydrogens (tertiary/aromatic N) is 3. The van der Waals surface area contributed by atoms with Gasteiger partial charge in [0.25, 0.3) is 0 Å². The minimum atomic E-state index is -0.120. The largest absolute Gasteiger partial charge is 0.461 e. The van der Waals surface area contributed by atoms with Crippen LogP contribution in [0.25, 0.3) is 0 Å². The first-order valence-electron chi connectivity index (χ1n) is 3.23. The molecule has 0 saturated heterocycles. The number of aliphatic hydroxyl groups excluding tert-OH is 1. The number of aromatic nitrogens is 3. The van der Waals surface area contributed by atoms with Gasteiger partial charge in [0.05, 0.1) is 6.61 Å². The van der Waals surface area contributed by atoms with Gasteiger partial charge in [0.1, 0.15) is 6.61 Å². The minimum absolute atomic E-state index is 0.00422. The molecule has 0 bridgehead atoms. The summed E-state index contributed by atoms with van der Waals surface area (Å²) in [6.07, 6.45) is 0. The first-order chi connectivity index (χ1) is 5.72. The van der Waals surface area contributed by atoms with Crippen molar-refractivity contribution >= 4 is 11.9 Å². The highest BCUT2D eigenvalue weighted by molar-refractivity contribution is 5.27. The fourth-order valence-electron chi connectivity index (χ4n) is 0.590. The van der Waals surface area contributed by atoms with Crippen LogP contribution in [0.1, 0.15) is 0 Å². The number of ether oxygens (including phenoxy) is 1. The van der Waals surface area contributed by atoms with Crippen molar-refractivity contribution in [3.63, 3.8) is 0 Å². The Morgan fingerprint density at radius 3 is 2.25 bits per heavy atom. The molecule has 0 atom stereocenters. The molecule has 0 spiro atoms. The van der Waals surface area contributed by atoms with E-state index in [0.717, 1.165) is 0 Å². The van der Waals surface area contributed by atoms with E-state index in [0.29, 0.717) is 0 Å². The highest BCUT2D eigenvalue weighted by Gasteiger charge is 2.01. The summed E-state index contributed by atoms with van der Waals surface area (Å²) in [5, 5.41) is 8.41. The van der Waals surface area contributed by atoms with Crippen LogP contribution < -0.4 is 16.2 Å². The Morgan fingerprint density at radius 2 is 1.75 bits per heavy atom. The summed E-state index contributed by atoms with van der Waals surface area (Å²) < 4.78 is 4.84. The van der Waals surface area contributed by atoms with Crippen LogP contribution in [0.2, 0.25) is 0 Å². The van der Waals surface area contributed by atoms with Gasteiger partial charge < -0.3 is 21.3 Å². The van der Waals surface area contributed by atoms with Gasteiger partial charge in [0, 0.05) is 0 Å². The van der Waals surface area contributed by atoms with Gasteiger partial charge in [0.15, 0.2) is 0 Å². The molecular weight excluding hydrogens is 162 g/mol. The molecule has 1 heterocycles. The van der Waals surface area contributed by atoms with E-state index in [1.165, 1.54) is 0 Å². The molecule has 0 fully saturated rings. The number of anilines is 2. The van der Waals surface area contributed by atoms with E-state index in [4.69, 9.17) is 21.3 Å². The van der Waals surface area contributed by atoms with Crippen LogP contribution in [0, 0.1) is 0 Å². The molecule has 0 aliphatic carbocycles. The normalized spacial score (nSPS) is 9.75. The van der Waals surface area contributed by atoms with Crippen molar-refractivity contribution in [2.24, 2.45) is 0 Å². The maximum atomic E-state index is 8.41. The van der Waals surface area contributed by atoms with E-state index < -0.39 is 0 Å². The van der Waals surface area contributed by atoms with Crippen LogP contribution in [0.4, 0.5) is 11.9 Å². The molecule has 1 aromatic heterocycles. The number of nitrogens with two attached hydrogens (primary N) is 2. The smallest absolute Gasteiger partial charge is 0.323 e. The van der Waals surface area contributed by atoms with Gasteiger partial charge in [-0.1, -0.05) is 0 Å². The number of hydrogen-bond donors (Lipinski definition) is 3. The number of aliphatic hydroxyl groups is 1. The third-order valence-corrected chi connectivity index (χ3v) is 0.972. The molecule has 7 nitrogen and oxygen atoms in total. The zero-order valence-electron chi connectivity index (χ0n) is 6.27. The Labute approximate surface area is 68.4 Å². The molecule has 0 amide bonds. The molecule has 5 N–H and O–H groups in total. The van der Waals surface area contributed by atoms with Gasteiger partial charge in [-0.05, 0) is 0 Å². The molecule has 66 valence electrons. The predicted octanol–water partition coefficient (Wildman–Crippen LogP) is -1.59. The molecule has 12 heavy (non-hydrogen) atoms. The highest BCUT2D eigenvalue weighted by atomic mass is 16.5. The first kappa shape index (κ1) is 8.47. The maximum absolute atomic E-state index is 8.41. The SMILES string of the molecule is Nc1nc(N)nc(OCCO)n1. The summed E-state index contributed by atoms with van der Waals surface area (Å²) in [6.45, 7) is -0.0195. The van der Waals surface area contributed by atoms with Crippen molar-refractivity contribution in [3.05, 3.63) is 0 Å². The van der Waals surface area contributed by atoms with Crippen LogP contribution in [0.15, 0.2) is 0 Å². The molecule has 7 heteroatoms. The van der Waals surface area contributed by atoms with E-state index in [-0.39, 0.29) is 31.1 Å². The van der Waals surface area contributed by atoms with E-state index in [2.05, 4.69) is 15.0 Å². The Morgan fingerprint density at radius 1 is 1.17 bits per heavy atom. The van der Waals surface area contributed by atoms with Crippen molar-refractivity contribution in [1.82, 2.24) is 15.0 Å². The van der Waals surface area contributed by atoms with Crippen molar-refractivity contribution in [2.75, 3.05) is 24.7 Å². The fourth-order valence-corrected chi connectivity index (χ4v) is 0.590. The van der Waals surface area contributed by atoms with Gasteiger partial charge in [0.2, 0.25) is 11.9 Å². The maximum Gasteiger partial charge on any atom is 0.323 e. The third kappa shape index (κ3) is 2.20. The highest BCUT2D eigenvalue weighted by Crippen LogP contribution is 2.04. The summed E-state index contributed by atoms with van der Waals surface area (Å²) in [4.78, 5) is 10.8. The molecule has 1 rings (SSSR count). The van der Waals surface area contributed by atoms with Crippen LogP contribution in [0.5, 0.6) is 6.01 Å². The van der Waals surface area contributed by atoms with Crippen molar-refractivity contribution in [3.8, 4) is 6.01 Å². The molecule has 0 radical (unpaired) electrons. The van der Waals surface area contributed by atoms with Crippen molar-refractivity contribution in [1.29, 1.82) is 0 Å². The average molecular weight is 171 g/mol. The fraction of sp³-hybridized carbons (Fsp3) is 0.400. The standard InChI is InChI=1S/C5H9N5O2/c6-3-8-4(7)10-5(9-3)12-2-1-11/h11H,1-2H2,(H4,6,7,8,9,10). The molecule has 1 aromatic rings. The predicted molar refractivity (Wildman–Crippen MR) is 41.2 cm³/mol. The van der Waals surface area contributed by atoms with E-state index in [1.54, 1.807) is 0 Å². The topological polar surface area (TPSA) is 120 Å². The molecule has 0 aliphatic rings. The third-order valence-electron chi connectivity index (χ3n) is 0.972. The lowest BCUT2D eigenvalue weighted by molar-refractivity contribution is 0.191. The minimum Gasteiger partial charge on any atom is -0.461 e. The van der Waals surface area contributed by atoms with Gasteiger partial charge in [-0.15, -0.1) is 0 Å². The second-order valence-electron chi connectivity index (χ2n) is 1.91. The summed E-state index contributed by atoms with van der Waals surface area (Å²) in [5.74, 6) is -0.00844. The molecule has 0 aromatic carbocycles. The van der Waals surface area contributed by atoms with Gasteiger partial charge >= 0.3 is 6.01 Å². The Hall–Kier alpha value is -1.63. The quantitative estimate of drug-likeness (QED) is 0.501. The molecule has 0 unspecified atom stereocenters. The summed E-state index contributed by atoms with van der Waals surface area (Å²) >= 11 is 0. The first-order valence-corrected chi connectivity index (χ1v) is 3.23. The Balaban J connectivity index is 2.72. The van der Waals surface area contributed by atoms with Gasteiger partial charge in [-0.3, -0.25) is 0 Å². The molecular formula is C5H9N5O2. The Kier molecular flexibility index (Phi) is 2.59.